The lowest BCUT2D eigenvalue weighted by atomic mass is 9.57. The summed E-state index contributed by atoms with van der Waals surface area (Å²) in [6, 6.07) is 6.88. The molecule has 0 aliphatic carbocycles. The summed E-state index contributed by atoms with van der Waals surface area (Å²) in [6.07, 6.45) is 0. The summed E-state index contributed by atoms with van der Waals surface area (Å²) in [5.41, 5.74) is -0.219. The van der Waals surface area contributed by atoms with E-state index in [1.807, 2.05) is 4.90 Å². The van der Waals surface area contributed by atoms with Crippen molar-refractivity contribution in [2.24, 2.45) is 0 Å². The Kier molecular flexibility index (Phi) is 4.80. The van der Waals surface area contributed by atoms with E-state index in [0.29, 0.717) is 24.5 Å². The average molecular weight is 403 g/mol. The summed E-state index contributed by atoms with van der Waals surface area (Å²) in [4.78, 5) is 31.9. The van der Waals surface area contributed by atoms with E-state index in [0.717, 1.165) is 0 Å². The Labute approximate surface area is 174 Å². The standard InChI is InChI=1S/C19H16B2FN5O3/c1-11(28)25-4-5-26-15(9-25)19(20,21)27-17(26)7-16(24-18(27)29)30-10-12-2-3-14(22)13(6-12)8-23/h2-3,6-7,15H,4-5,9-10H2,1H3. The number of anilines is 1. The molecule has 0 saturated carbocycles. The fourth-order valence-corrected chi connectivity index (χ4v) is 3.89. The van der Waals surface area contributed by atoms with Gasteiger partial charge in [0.1, 0.15) is 24.3 Å². The fraction of sp³-hybridized carbons (Fsp3) is 0.368. The lowest BCUT2D eigenvalue weighted by molar-refractivity contribution is -0.129. The largest absolute Gasteiger partial charge is 0.473 e. The molecule has 1 amide bonds. The van der Waals surface area contributed by atoms with Gasteiger partial charge in [-0.15, -0.1) is 0 Å². The van der Waals surface area contributed by atoms with E-state index >= 15 is 0 Å². The zero-order valence-corrected chi connectivity index (χ0v) is 16.2. The van der Waals surface area contributed by atoms with E-state index in [1.54, 1.807) is 17.0 Å². The highest BCUT2D eigenvalue weighted by atomic mass is 19.1. The monoisotopic (exact) mass is 403 g/mol. The number of carbonyl (C=O) groups is 1. The number of halogens is 1. The molecule has 1 unspecified atom stereocenters. The average Bonchev–Trinajstić information content (AvgIpc) is 2.94. The van der Waals surface area contributed by atoms with Gasteiger partial charge in [0.2, 0.25) is 11.8 Å². The van der Waals surface area contributed by atoms with Gasteiger partial charge in [-0.05, 0) is 23.0 Å². The number of carbonyl (C=O) groups excluding carboxylic acids is 1. The third-order valence-corrected chi connectivity index (χ3v) is 5.46. The molecular weight excluding hydrogens is 387 g/mol. The second-order valence-corrected chi connectivity index (χ2v) is 7.35. The number of piperazine rings is 1. The van der Waals surface area contributed by atoms with E-state index < -0.39 is 22.9 Å². The summed E-state index contributed by atoms with van der Waals surface area (Å²) in [6.45, 7) is 2.67. The number of hydrogen-bond acceptors (Lipinski definition) is 6. The van der Waals surface area contributed by atoms with Crippen molar-refractivity contribution in [1.29, 1.82) is 5.26 Å². The number of hydrogen-bond donors (Lipinski definition) is 0. The van der Waals surface area contributed by atoms with Gasteiger partial charge in [0.25, 0.3) is 0 Å². The highest BCUT2D eigenvalue weighted by molar-refractivity contribution is 6.39. The maximum absolute atomic E-state index is 13.5. The van der Waals surface area contributed by atoms with Crippen molar-refractivity contribution >= 4 is 27.4 Å². The van der Waals surface area contributed by atoms with E-state index in [1.165, 1.54) is 29.7 Å². The molecule has 0 bridgehead atoms. The molecule has 148 valence electrons. The molecule has 3 heterocycles. The van der Waals surface area contributed by atoms with Gasteiger partial charge in [-0.1, -0.05) is 6.07 Å². The molecule has 4 rings (SSSR count). The Bertz CT molecular complexity index is 1130. The van der Waals surface area contributed by atoms with Crippen molar-refractivity contribution < 1.29 is 13.9 Å². The Hall–Kier alpha value is -3.28. The van der Waals surface area contributed by atoms with Crippen molar-refractivity contribution in [1.82, 2.24) is 14.5 Å². The second-order valence-electron chi connectivity index (χ2n) is 7.35. The Morgan fingerprint density at radius 1 is 1.40 bits per heavy atom. The first kappa shape index (κ1) is 20.0. The molecule has 11 heteroatoms. The number of nitriles is 1. The van der Waals surface area contributed by atoms with Crippen molar-refractivity contribution in [3.05, 3.63) is 51.7 Å². The highest BCUT2D eigenvalue weighted by Gasteiger charge is 2.47. The molecule has 1 aromatic heterocycles. The van der Waals surface area contributed by atoms with Gasteiger partial charge in [0.05, 0.1) is 27.3 Å². The number of rotatable bonds is 3. The Morgan fingerprint density at radius 2 is 2.17 bits per heavy atom. The van der Waals surface area contributed by atoms with Crippen molar-refractivity contribution in [2.75, 3.05) is 24.5 Å². The molecular formula is C19H16B2FN5O3. The minimum Gasteiger partial charge on any atom is -0.473 e. The van der Waals surface area contributed by atoms with Gasteiger partial charge in [-0.3, -0.25) is 9.36 Å². The smallest absolute Gasteiger partial charge is 0.351 e. The van der Waals surface area contributed by atoms with Crippen LogP contribution in [0.2, 0.25) is 0 Å². The predicted molar refractivity (Wildman–Crippen MR) is 107 cm³/mol. The maximum atomic E-state index is 13.5. The zero-order chi connectivity index (χ0) is 21.6. The van der Waals surface area contributed by atoms with Crippen LogP contribution >= 0.6 is 0 Å². The SMILES string of the molecule is [B]C1([B])C2CN(C(C)=O)CCN2c2cc(OCc3ccc(F)c(C#N)c3)nc(=O)n21. The van der Waals surface area contributed by atoms with Gasteiger partial charge in [-0.25, -0.2) is 9.18 Å². The summed E-state index contributed by atoms with van der Waals surface area (Å²) in [7, 11) is 12.6. The van der Waals surface area contributed by atoms with Crippen LogP contribution in [-0.2, 0) is 16.7 Å². The lowest BCUT2D eigenvalue weighted by Crippen LogP contribution is -2.60. The van der Waals surface area contributed by atoms with Crippen LogP contribution in [-0.4, -0.2) is 61.7 Å². The van der Waals surface area contributed by atoms with Crippen LogP contribution in [0.3, 0.4) is 0 Å². The van der Waals surface area contributed by atoms with Gasteiger partial charge >= 0.3 is 5.69 Å². The quantitative estimate of drug-likeness (QED) is 0.662. The van der Waals surface area contributed by atoms with Crippen LogP contribution < -0.4 is 15.3 Å². The summed E-state index contributed by atoms with van der Waals surface area (Å²) >= 11 is 0. The second kappa shape index (κ2) is 7.20. The molecule has 1 atom stereocenters. The van der Waals surface area contributed by atoms with E-state index in [2.05, 4.69) is 4.98 Å². The van der Waals surface area contributed by atoms with Crippen LogP contribution in [0.15, 0.2) is 29.1 Å². The number of ether oxygens (including phenoxy) is 1. The van der Waals surface area contributed by atoms with Gasteiger partial charge < -0.3 is 14.5 Å². The molecule has 1 aromatic carbocycles. The maximum Gasteiger partial charge on any atom is 0.351 e. The third-order valence-electron chi connectivity index (χ3n) is 5.46. The minimum atomic E-state index is -1.54. The molecule has 30 heavy (non-hydrogen) atoms. The van der Waals surface area contributed by atoms with Crippen LogP contribution in [0, 0.1) is 17.1 Å². The summed E-state index contributed by atoms with van der Waals surface area (Å²) in [5, 5.41) is 7.40. The Morgan fingerprint density at radius 3 is 2.87 bits per heavy atom. The molecule has 1 fully saturated rings. The van der Waals surface area contributed by atoms with Crippen LogP contribution in [0.5, 0.6) is 5.88 Å². The molecule has 0 spiro atoms. The third kappa shape index (κ3) is 3.22. The summed E-state index contributed by atoms with van der Waals surface area (Å²) < 4.78 is 20.3. The lowest BCUT2D eigenvalue weighted by Gasteiger charge is -2.42. The molecule has 0 N–H and O–H groups in total. The van der Waals surface area contributed by atoms with E-state index in [9.17, 15) is 14.0 Å². The van der Waals surface area contributed by atoms with Crippen molar-refractivity contribution in [3.63, 3.8) is 0 Å². The first-order valence-corrected chi connectivity index (χ1v) is 9.28. The van der Waals surface area contributed by atoms with Crippen molar-refractivity contribution in [3.8, 4) is 11.9 Å². The minimum absolute atomic E-state index is 0.0111. The molecule has 2 aromatic rings. The normalized spacial score (nSPS) is 19.0. The number of aromatic nitrogens is 2. The number of benzene rings is 1. The molecule has 2 aliphatic rings. The topological polar surface area (TPSA) is 91.5 Å². The van der Waals surface area contributed by atoms with Crippen LogP contribution in [0.1, 0.15) is 18.1 Å². The van der Waals surface area contributed by atoms with Gasteiger partial charge in [0.15, 0.2) is 0 Å². The van der Waals surface area contributed by atoms with Gasteiger partial charge in [0, 0.05) is 32.6 Å². The van der Waals surface area contributed by atoms with Gasteiger partial charge in [-0.2, -0.15) is 10.2 Å². The fourth-order valence-electron chi connectivity index (χ4n) is 3.89. The molecule has 2 aliphatic heterocycles. The first-order valence-electron chi connectivity index (χ1n) is 9.28. The van der Waals surface area contributed by atoms with Crippen LogP contribution in [0.4, 0.5) is 10.2 Å². The number of fused-ring (bicyclic) bond motifs is 3. The first-order chi connectivity index (χ1) is 14.2. The van der Waals surface area contributed by atoms with E-state index in [-0.39, 0.29) is 30.5 Å². The number of nitrogens with zero attached hydrogens (tertiary/aromatic N) is 5. The Balaban J connectivity index is 1.61. The zero-order valence-electron chi connectivity index (χ0n) is 16.2. The highest BCUT2D eigenvalue weighted by Crippen LogP contribution is 2.37. The molecule has 1 saturated heterocycles. The molecule has 8 nitrogen and oxygen atoms in total. The van der Waals surface area contributed by atoms with E-state index in [4.69, 9.17) is 25.7 Å². The summed E-state index contributed by atoms with van der Waals surface area (Å²) in [5.74, 6) is -0.195. The predicted octanol–water partition coefficient (Wildman–Crippen LogP) is -0.169. The van der Waals surface area contributed by atoms with Crippen molar-refractivity contribution in [2.45, 2.75) is 24.9 Å². The van der Waals surface area contributed by atoms with Crippen LogP contribution in [0.25, 0.3) is 0 Å². The molecule has 4 radical (unpaired) electrons. The number of amides is 1.